The Morgan fingerprint density at radius 2 is 2.19 bits per heavy atom. The molecule has 96 valence electrons. The Kier molecular flexibility index (Phi) is 4.73. The Bertz CT molecular complexity index is 318. The molecule has 6 heteroatoms. The van der Waals surface area contributed by atoms with Crippen molar-refractivity contribution in [2.45, 2.75) is 18.4 Å². The number of hydrogen-bond donors (Lipinski definition) is 1. The molecule has 0 aromatic carbocycles. The summed E-state index contributed by atoms with van der Waals surface area (Å²) in [6.07, 6.45) is 1.56. The van der Waals surface area contributed by atoms with Gasteiger partial charge in [-0.05, 0) is 19.9 Å². The van der Waals surface area contributed by atoms with E-state index in [-0.39, 0.29) is 5.75 Å². The molecule has 0 radical (unpaired) electrons. The monoisotopic (exact) mass is 250 g/mol. The largest absolute Gasteiger partial charge is 0.383 e. The summed E-state index contributed by atoms with van der Waals surface area (Å²) in [5.74, 6) is 0.476. The number of hydrogen-bond acceptors (Lipinski definition) is 5. The van der Waals surface area contributed by atoms with Crippen molar-refractivity contribution < 1.29 is 13.2 Å². The van der Waals surface area contributed by atoms with E-state index in [1.807, 2.05) is 11.9 Å². The highest BCUT2D eigenvalue weighted by molar-refractivity contribution is 7.91. The van der Waals surface area contributed by atoms with Crippen LogP contribution in [0.15, 0.2) is 0 Å². The Morgan fingerprint density at radius 3 is 2.69 bits per heavy atom. The van der Waals surface area contributed by atoms with E-state index in [2.05, 4.69) is 0 Å². The molecule has 1 fully saturated rings. The molecule has 0 aromatic rings. The third-order valence-corrected chi connectivity index (χ3v) is 5.29. The molecule has 1 heterocycles. The molecule has 2 N–H and O–H groups in total. The number of rotatable bonds is 5. The number of likely N-dealkylation sites (N-methyl/N-ethyl adjacent to an activating group) is 1. The number of nitrogens with zero attached hydrogens (tertiary/aromatic N) is 1. The molecule has 0 aliphatic carbocycles. The molecule has 1 saturated heterocycles. The molecule has 1 aliphatic rings. The fourth-order valence-corrected chi connectivity index (χ4v) is 4.29. The zero-order chi connectivity index (χ0) is 12.2. The summed E-state index contributed by atoms with van der Waals surface area (Å²) in [4.78, 5) is 2.03. The molecule has 1 atom stereocenters. The third kappa shape index (κ3) is 3.16. The number of ether oxygens (including phenoxy) is 1. The van der Waals surface area contributed by atoms with Crippen molar-refractivity contribution in [2.75, 3.05) is 45.4 Å². The van der Waals surface area contributed by atoms with E-state index in [4.69, 9.17) is 10.5 Å². The summed E-state index contributed by atoms with van der Waals surface area (Å²) in [6, 6.07) is 0. The molecular formula is C10H22N2O3S. The second-order valence-corrected chi connectivity index (χ2v) is 6.72. The maximum absolute atomic E-state index is 11.7. The zero-order valence-corrected chi connectivity index (χ0v) is 10.9. The van der Waals surface area contributed by atoms with Crippen LogP contribution in [0.1, 0.15) is 12.8 Å². The van der Waals surface area contributed by atoms with Crippen molar-refractivity contribution in [3.05, 3.63) is 0 Å². The lowest BCUT2D eigenvalue weighted by atomic mass is 9.93. The smallest absolute Gasteiger partial charge is 0.152 e. The maximum atomic E-state index is 11.7. The highest BCUT2D eigenvalue weighted by atomic mass is 32.2. The molecule has 1 rings (SSSR count). The lowest BCUT2D eigenvalue weighted by Crippen LogP contribution is -2.59. The van der Waals surface area contributed by atoms with Crippen molar-refractivity contribution in [1.29, 1.82) is 0 Å². The maximum Gasteiger partial charge on any atom is 0.152 e. The summed E-state index contributed by atoms with van der Waals surface area (Å²) in [5.41, 5.74) is 5.39. The normalized spacial score (nSPS) is 29.5. The minimum atomic E-state index is -2.93. The van der Waals surface area contributed by atoms with Crippen LogP contribution in [0.25, 0.3) is 0 Å². The third-order valence-electron chi connectivity index (χ3n) is 3.41. The standard InChI is InChI=1S/C10H22N2O3S/c1-12(5-6-15-2)10(8-11)4-3-7-16(13,14)9-10/h3-9,11H2,1-2H3. The van der Waals surface area contributed by atoms with Gasteiger partial charge in [-0.15, -0.1) is 0 Å². The van der Waals surface area contributed by atoms with Crippen LogP contribution >= 0.6 is 0 Å². The minimum Gasteiger partial charge on any atom is -0.383 e. The van der Waals surface area contributed by atoms with Gasteiger partial charge in [0.1, 0.15) is 0 Å². The van der Waals surface area contributed by atoms with Crippen LogP contribution in [0, 0.1) is 0 Å². The molecule has 0 spiro atoms. The molecular weight excluding hydrogens is 228 g/mol. The molecule has 0 bridgehead atoms. The predicted molar refractivity (Wildman–Crippen MR) is 64.2 cm³/mol. The predicted octanol–water partition coefficient (Wildman–Crippen LogP) is -0.529. The van der Waals surface area contributed by atoms with E-state index in [1.54, 1.807) is 7.11 Å². The van der Waals surface area contributed by atoms with E-state index < -0.39 is 15.4 Å². The average molecular weight is 250 g/mol. The van der Waals surface area contributed by atoms with Crippen molar-refractivity contribution >= 4 is 9.84 Å². The Balaban J connectivity index is 2.76. The van der Waals surface area contributed by atoms with Crippen molar-refractivity contribution in [3.8, 4) is 0 Å². The SMILES string of the molecule is COCCN(C)C1(CN)CCCS(=O)(=O)C1. The molecule has 1 aliphatic heterocycles. The van der Waals surface area contributed by atoms with Gasteiger partial charge in [0.05, 0.1) is 18.1 Å². The average Bonchev–Trinajstić information content (AvgIpc) is 2.24. The summed E-state index contributed by atoms with van der Waals surface area (Å²) >= 11 is 0. The van der Waals surface area contributed by atoms with Gasteiger partial charge in [0, 0.05) is 25.7 Å². The van der Waals surface area contributed by atoms with Gasteiger partial charge in [-0.25, -0.2) is 8.42 Å². The fourth-order valence-electron chi connectivity index (χ4n) is 2.26. The van der Waals surface area contributed by atoms with Crippen molar-refractivity contribution in [3.63, 3.8) is 0 Å². The zero-order valence-electron chi connectivity index (χ0n) is 10.1. The van der Waals surface area contributed by atoms with Gasteiger partial charge < -0.3 is 10.5 Å². The Morgan fingerprint density at radius 1 is 1.50 bits per heavy atom. The molecule has 1 unspecified atom stereocenters. The first-order valence-electron chi connectivity index (χ1n) is 5.56. The van der Waals surface area contributed by atoms with Crippen LogP contribution in [0.4, 0.5) is 0 Å². The molecule has 0 saturated carbocycles. The van der Waals surface area contributed by atoms with Crippen molar-refractivity contribution in [1.82, 2.24) is 4.90 Å². The van der Waals surface area contributed by atoms with Gasteiger partial charge in [-0.3, -0.25) is 4.90 Å². The van der Waals surface area contributed by atoms with E-state index in [1.165, 1.54) is 0 Å². The quantitative estimate of drug-likeness (QED) is 0.710. The highest BCUT2D eigenvalue weighted by Crippen LogP contribution is 2.27. The van der Waals surface area contributed by atoms with Crippen LogP contribution in [-0.4, -0.2) is 64.2 Å². The summed E-state index contributed by atoms with van der Waals surface area (Å²) in [5, 5.41) is 0. The Labute approximate surface area is 97.9 Å². The summed E-state index contributed by atoms with van der Waals surface area (Å²) < 4.78 is 28.4. The molecule has 0 amide bonds. The molecule has 5 nitrogen and oxygen atoms in total. The fraction of sp³-hybridized carbons (Fsp3) is 1.00. The van der Waals surface area contributed by atoms with E-state index in [9.17, 15) is 8.42 Å². The van der Waals surface area contributed by atoms with Crippen LogP contribution in [-0.2, 0) is 14.6 Å². The Hall–Kier alpha value is -0.170. The molecule has 16 heavy (non-hydrogen) atoms. The van der Waals surface area contributed by atoms with Gasteiger partial charge in [0.2, 0.25) is 0 Å². The first kappa shape index (κ1) is 13.9. The van der Waals surface area contributed by atoms with E-state index in [0.717, 1.165) is 6.42 Å². The number of nitrogens with two attached hydrogens (primary N) is 1. The molecule has 0 aromatic heterocycles. The van der Waals surface area contributed by atoms with Crippen LogP contribution in [0.5, 0.6) is 0 Å². The lowest BCUT2D eigenvalue weighted by molar-refractivity contribution is 0.0875. The van der Waals surface area contributed by atoms with Crippen LogP contribution < -0.4 is 5.73 Å². The highest BCUT2D eigenvalue weighted by Gasteiger charge is 2.40. The van der Waals surface area contributed by atoms with Crippen LogP contribution in [0.3, 0.4) is 0 Å². The van der Waals surface area contributed by atoms with Gasteiger partial charge in [0.25, 0.3) is 0 Å². The second-order valence-electron chi connectivity index (χ2n) is 4.54. The first-order chi connectivity index (χ1) is 7.46. The second kappa shape index (κ2) is 5.44. The topological polar surface area (TPSA) is 72.6 Å². The minimum absolute atomic E-state index is 0.177. The van der Waals surface area contributed by atoms with Crippen molar-refractivity contribution in [2.24, 2.45) is 5.73 Å². The van der Waals surface area contributed by atoms with Gasteiger partial charge in [0.15, 0.2) is 9.84 Å². The number of methoxy groups -OCH3 is 1. The number of sulfone groups is 1. The lowest BCUT2D eigenvalue weighted by Gasteiger charge is -2.43. The van der Waals surface area contributed by atoms with E-state index >= 15 is 0 Å². The summed E-state index contributed by atoms with van der Waals surface area (Å²) in [6.45, 7) is 1.69. The van der Waals surface area contributed by atoms with E-state index in [0.29, 0.717) is 31.9 Å². The van der Waals surface area contributed by atoms with Gasteiger partial charge in [-0.2, -0.15) is 0 Å². The summed E-state index contributed by atoms with van der Waals surface area (Å²) in [7, 11) is 0.628. The first-order valence-corrected chi connectivity index (χ1v) is 7.38. The van der Waals surface area contributed by atoms with Crippen LogP contribution in [0.2, 0.25) is 0 Å². The van der Waals surface area contributed by atoms with Gasteiger partial charge in [-0.1, -0.05) is 0 Å². The van der Waals surface area contributed by atoms with Gasteiger partial charge >= 0.3 is 0 Å².